The third kappa shape index (κ3) is 3.59. The zero-order valence-electron chi connectivity index (χ0n) is 12.7. The number of hydrogen-bond acceptors (Lipinski definition) is 2. The van der Waals surface area contributed by atoms with Gasteiger partial charge in [-0.25, -0.2) is 0 Å². The average molecular weight is 271 g/mol. The summed E-state index contributed by atoms with van der Waals surface area (Å²) in [6.07, 6.45) is 0.786. The Balaban J connectivity index is 2.16. The van der Waals surface area contributed by atoms with Crippen molar-refractivity contribution < 1.29 is 5.11 Å². The van der Waals surface area contributed by atoms with Gasteiger partial charge in [-0.15, -0.1) is 0 Å². The van der Waals surface area contributed by atoms with Crippen LogP contribution in [0.5, 0.6) is 0 Å². The molecule has 1 unspecified atom stereocenters. The Kier molecular flexibility index (Phi) is 4.79. The van der Waals surface area contributed by atoms with Crippen LogP contribution in [0.2, 0.25) is 0 Å². The van der Waals surface area contributed by atoms with E-state index >= 15 is 0 Å². The van der Waals surface area contributed by atoms with Crippen molar-refractivity contribution in [3.8, 4) is 0 Å². The summed E-state index contributed by atoms with van der Waals surface area (Å²) < 4.78 is 0. The normalized spacial score (nSPS) is 13.6. The third-order valence-electron chi connectivity index (χ3n) is 3.88. The smallest absolute Gasteiger partial charge is 0.0446 e. The summed E-state index contributed by atoms with van der Waals surface area (Å²) in [5.74, 6) is 0. The Hall–Kier alpha value is -1.38. The van der Waals surface area contributed by atoms with Crippen molar-refractivity contribution in [2.45, 2.75) is 39.8 Å². The van der Waals surface area contributed by atoms with Crippen molar-refractivity contribution in [1.29, 1.82) is 0 Å². The van der Waals surface area contributed by atoms with Gasteiger partial charge in [0.2, 0.25) is 0 Å². The molecule has 0 aliphatic heterocycles. The zero-order valence-corrected chi connectivity index (χ0v) is 12.7. The molecule has 2 nitrogen and oxygen atoms in total. The molecule has 0 saturated heterocycles. The highest BCUT2D eigenvalue weighted by atomic mass is 16.3. The largest absolute Gasteiger partial charge is 0.396 e. The molecule has 0 spiro atoms. The first kappa shape index (κ1) is 15.0. The molecule has 0 heterocycles. The highest BCUT2D eigenvalue weighted by Crippen LogP contribution is 2.23. The Labute approximate surface area is 121 Å². The molecule has 0 amide bonds. The Morgan fingerprint density at radius 1 is 1.05 bits per heavy atom. The molecular formula is C18H25NO. The maximum atomic E-state index is 9.23. The lowest BCUT2D eigenvalue weighted by Crippen LogP contribution is -2.40. The summed E-state index contributed by atoms with van der Waals surface area (Å²) in [6, 6.07) is 15.2. The molecule has 0 aliphatic rings. The maximum Gasteiger partial charge on any atom is 0.0446 e. The molecule has 2 aromatic carbocycles. The van der Waals surface area contributed by atoms with Crippen LogP contribution in [0.4, 0.5) is 0 Å². The number of aliphatic hydroxyl groups is 1. The highest BCUT2D eigenvalue weighted by Gasteiger charge is 2.23. The molecule has 0 saturated carbocycles. The minimum absolute atomic E-state index is 0.146. The van der Waals surface area contributed by atoms with Gasteiger partial charge in [0, 0.05) is 19.2 Å². The molecule has 0 bridgehead atoms. The van der Waals surface area contributed by atoms with E-state index in [2.05, 4.69) is 68.6 Å². The van der Waals surface area contributed by atoms with E-state index in [0.717, 1.165) is 13.0 Å². The van der Waals surface area contributed by atoms with Gasteiger partial charge in [0.15, 0.2) is 0 Å². The second kappa shape index (κ2) is 6.38. The van der Waals surface area contributed by atoms with E-state index < -0.39 is 0 Å². The van der Waals surface area contributed by atoms with E-state index in [4.69, 9.17) is 0 Å². The van der Waals surface area contributed by atoms with Gasteiger partial charge in [-0.1, -0.05) is 63.2 Å². The molecule has 108 valence electrons. The lowest BCUT2D eigenvalue weighted by atomic mass is 9.84. The van der Waals surface area contributed by atoms with E-state index in [1.807, 2.05) is 0 Å². The van der Waals surface area contributed by atoms with Crippen molar-refractivity contribution in [3.63, 3.8) is 0 Å². The van der Waals surface area contributed by atoms with E-state index in [-0.39, 0.29) is 12.0 Å². The first-order valence-electron chi connectivity index (χ1n) is 7.33. The number of nitrogens with one attached hydrogen (secondary N) is 1. The molecule has 20 heavy (non-hydrogen) atoms. The summed E-state index contributed by atoms with van der Waals surface area (Å²) in [4.78, 5) is 0. The second-order valence-corrected chi connectivity index (χ2v) is 6.45. The van der Waals surface area contributed by atoms with Crippen molar-refractivity contribution in [2.24, 2.45) is 5.41 Å². The van der Waals surface area contributed by atoms with E-state index in [1.165, 1.54) is 16.3 Å². The monoisotopic (exact) mass is 271 g/mol. The molecular weight excluding hydrogens is 246 g/mol. The van der Waals surface area contributed by atoms with Crippen LogP contribution in [0.1, 0.15) is 32.8 Å². The van der Waals surface area contributed by atoms with Gasteiger partial charge >= 0.3 is 0 Å². The molecule has 2 rings (SSSR count). The number of rotatable bonds is 5. The summed E-state index contributed by atoms with van der Waals surface area (Å²) in [5.41, 5.74) is 1.46. The molecule has 1 atom stereocenters. The number of hydrogen-bond donors (Lipinski definition) is 2. The second-order valence-electron chi connectivity index (χ2n) is 6.45. The topological polar surface area (TPSA) is 32.3 Å². The van der Waals surface area contributed by atoms with E-state index in [0.29, 0.717) is 6.04 Å². The quantitative estimate of drug-likeness (QED) is 0.868. The van der Waals surface area contributed by atoms with Crippen molar-refractivity contribution in [3.05, 3.63) is 48.0 Å². The Morgan fingerprint density at radius 3 is 2.45 bits per heavy atom. The highest BCUT2D eigenvalue weighted by molar-refractivity contribution is 5.85. The zero-order chi connectivity index (χ0) is 14.6. The van der Waals surface area contributed by atoms with Crippen LogP contribution in [0.3, 0.4) is 0 Å². The standard InChI is InChI=1S/C18H25NO/c1-18(2,3)17(11-12-20)19-13-15-9-6-8-14-7-4-5-10-16(14)15/h4-10,17,19-20H,11-13H2,1-3H3. The molecule has 0 aromatic heterocycles. The van der Waals surface area contributed by atoms with Crippen LogP contribution in [0.25, 0.3) is 10.8 Å². The Morgan fingerprint density at radius 2 is 1.75 bits per heavy atom. The van der Waals surface area contributed by atoms with Gasteiger partial charge in [0.25, 0.3) is 0 Å². The van der Waals surface area contributed by atoms with Gasteiger partial charge in [-0.05, 0) is 28.2 Å². The molecule has 0 radical (unpaired) electrons. The fraction of sp³-hybridized carbons (Fsp3) is 0.444. The Bertz CT molecular complexity index is 551. The maximum absolute atomic E-state index is 9.23. The summed E-state index contributed by atoms with van der Waals surface area (Å²) >= 11 is 0. The molecule has 0 aliphatic carbocycles. The van der Waals surface area contributed by atoms with Gasteiger partial charge in [-0.2, -0.15) is 0 Å². The minimum atomic E-state index is 0.146. The number of benzene rings is 2. The van der Waals surface area contributed by atoms with E-state index in [9.17, 15) is 5.11 Å². The van der Waals surface area contributed by atoms with Crippen molar-refractivity contribution in [1.82, 2.24) is 5.32 Å². The molecule has 2 N–H and O–H groups in total. The summed E-state index contributed by atoms with van der Waals surface area (Å²) in [7, 11) is 0. The van der Waals surface area contributed by atoms with E-state index in [1.54, 1.807) is 0 Å². The lowest BCUT2D eigenvalue weighted by molar-refractivity contribution is 0.196. The van der Waals surface area contributed by atoms with Gasteiger partial charge in [0.1, 0.15) is 0 Å². The van der Waals surface area contributed by atoms with Crippen LogP contribution >= 0.6 is 0 Å². The average Bonchev–Trinajstić information content (AvgIpc) is 2.42. The van der Waals surface area contributed by atoms with Crippen LogP contribution in [-0.2, 0) is 6.54 Å². The summed E-state index contributed by atoms with van der Waals surface area (Å²) in [5, 5.41) is 15.4. The fourth-order valence-electron chi connectivity index (χ4n) is 2.65. The summed E-state index contributed by atoms with van der Waals surface area (Å²) in [6.45, 7) is 7.70. The van der Waals surface area contributed by atoms with Crippen molar-refractivity contribution >= 4 is 10.8 Å². The minimum Gasteiger partial charge on any atom is -0.396 e. The SMILES string of the molecule is CC(C)(C)C(CCO)NCc1cccc2ccccc12. The molecule has 2 heteroatoms. The predicted molar refractivity (Wildman–Crippen MR) is 85.7 cm³/mol. The molecule has 0 fully saturated rings. The van der Waals surface area contributed by atoms with Crippen LogP contribution < -0.4 is 5.32 Å². The number of fused-ring (bicyclic) bond motifs is 1. The van der Waals surface area contributed by atoms with Crippen LogP contribution in [-0.4, -0.2) is 17.8 Å². The van der Waals surface area contributed by atoms with Crippen LogP contribution in [0.15, 0.2) is 42.5 Å². The van der Waals surface area contributed by atoms with Crippen LogP contribution in [0, 0.1) is 5.41 Å². The lowest BCUT2D eigenvalue weighted by Gasteiger charge is -2.31. The number of aliphatic hydroxyl groups excluding tert-OH is 1. The third-order valence-corrected chi connectivity index (χ3v) is 3.88. The van der Waals surface area contributed by atoms with Gasteiger partial charge < -0.3 is 10.4 Å². The predicted octanol–water partition coefficient (Wildman–Crippen LogP) is 3.73. The first-order chi connectivity index (χ1) is 9.52. The van der Waals surface area contributed by atoms with Gasteiger partial charge in [0.05, 0.1) is 0 Å². The first-order valence-corrected chi connectivity index (χ1v) is 7.33. The molecule has 2 aromatic rings. The van der Waals surface area contributed by atoms with Crippen molar-refractivity contribution in [2.75, 3.05) is 6.61 Å². The fourth-order valence-corrected chi connectivity index (χ4v) is 2.65. The van der Waals surface area contributed by atoms with Gasteiger partial charge in [-0.3, -0.25) is 0 Å².